The monoisotopic (exact) mass is 526 g/mol. The van der Waals surface area contributed by atoms with Gasteiger partial charge in [0.05, 0.1) is 17.8 Å². The summed E-state index contributed by atoms with van der Waals surface area (Å²) in [4.78, 5) is 46.7. The van der Waals surface area contributed by atoms with Crippen molar-refractivity contribution in [3.63, 3.8) is 0 Å². The number of Topliss-reactive ketones (excluding diaryl/α,β-unsaturated/α-hetero) is 1. The fraction of sp³-hybridized carbons (Fsp3) is 0.231. The number of ketones is 1. The van der Waals surface area contributed by atoms with Crippen molar-refractivity contribution in [1.82, 2.24) is 39.0 Å². The highest BCUT2D eigenvalue weighted by molar-refractivity contribution is 7.00. The maximum Gasteiger partial charge on any atom is 0.270 e. The molecule has 1 aliphatic rings. The van der Waals surface area contributed by atoms with Crippen LogP contribution < -0.4 is 10.6 Å². The first-order valence-corrected chi connectivity index (χ1v) is 12.8. The first-order chi connectivity index (χ1) is 18.4. The van der Waals surface area contributed by atoms with Crippen molar-refractivity contribution in [2.24, 2.45) is 0 Å². The molecule has 11 nitrogen and oxygen atoms in total. The molecule has 0 radical (unpaired) electrons. The predicted molar refractivity (Wildman–Crippen MR) is 139 cm³/mol. The van der Waals surface area contributed by atoms with Crippen LogP contribution in [0.15, 0.2) is 42.7 Å². The largest absolute Gasteiger partial charge is 0.347 e. The Hall–Kier alpha value is -4.58. The summed E-state index contributed by atoms with van der Waals surface area (Å²) < 4.78 is 9.72. The summed E-state index contributed by atoms with van der Waals surface area (Å²) in [7, 11) is 0. The van der Waals surface area contributed by atoms with Gasteiger partial charge >= 0.3 is 0 Å². The molecule has 0 saturated carbocycles. The minimum absolute atomic E-state index is 0.0228. The zero-order chi connectivity index (χ0) is 26.4. The van der Waals surface area contributed by atoms with E-state index in [2.05, 4.69) is 34.4 Å². The van der Waals surface area contributed by atoms with Gasteiger partial charge in [0.25, 0.3) is 17.6 Å². The maximum absolute atomic E-state index is 13.4. The van der Waals surface area contributed by atoms with Crippen molar-refractivity contribution in [3.8, 4) is 0 Å². The quantitative estimate of drug-likeness (QED) is 0.321. The van der Waals surface area contributed by atoms with E-state index in [9.17, 15) is 14.4 Å². The number of nitrogens with zero attached hydrogens (tertiary/aromatic N) is 6. The smallest absolute Gasteiger partial charge is 0.270 e. The lowest BCUT2D eigenvalue weighted by Gasteiger charge is -2.16. The fourth-order valence-corrected chi connectivity index (χ4v) is 5.46. The highest BCUT2D eigenvalue weighted by Gasteiger charge is 2.28. The molecule has 38 heavy (non-hydrogen) atoms. The number of hydrogen-bond donors (Lipinski definition) is 2. The Balaban J connectivity index is 1.23. The first kappa shape index (κ1) is 23.8. The molecule has 3 aromatic heterocycles. The molecule has 0 bridgehead atoms. The average molecular weight is 527 g/mol. The molecular weight excluding hydrogens is 504 g/mol. The van der Waals surface area contributed by atoms with Crippen molar-refractivity contribution < 1.29 is 14.4 Å². The third-order valence-corrected chi connectivity index (χ3v) is 7.42. The molecule has 0 unspecified atom stereocenters. The molecular formula is C26H22N8O3S. The lowest BCUT2D eigenvalue weighted by molar-refractivity contribution is 0.0927. The van der Waals surface area contributed by atoms with E-state index >= 15 is 0 Å². The normalized spacial score (nSPS) is 14.5. The Morgan fingerprint density at radius 3 is 2.76 bits per heavy atom. The zero-order valence-electron chi connectivity index (χ0n) is 20.6. The van der Waals surface area contributed by atoms with Crippen LogP contribution in [0, 0.1) is 6.92 Å². The summed E-state index contributed by atoms with van der Waals surface area (Å²) in [5, 5.41) is 10.0. The summed E-state index contributed by atoms with van der Waals surface area (Å²) >= 11 is 1.13. The number of nitrogens with one attached hydrogen (secondary N) is 2. The summed E-state index contributed by atoms with van der Waals surface area (Å²) in [6, 6.07) is 10.5. The summed E-state index contributed by atoms with van der Waals surface area (Å²) in [5.74, 6) is -0.676. The van der Waals surface area contributed by atoms with E-state index in [1.807, 2.05) is 37.3 Å². The summed E-state index contributed by atoms with van der Waals surface area (Å²) in [6.45, 7) is 3.76. The van der Waals surface area contributed by atoms with Gasteiger partial charge in [-0.15, -0.1) is 0 Å². The van der Waals surface area contributed by atoms with Crippen LogP contribution in [0.2, 0.25) is 0 Å². The van der Waals surface area contributed by atoms with Gasteiger partial charge in [0.2, 0.25) is 0 Å². The van der Waals surface area contributed by atoms with E-state index in [1.165, 1.54) is 16.9 Å². The molecule has 190 valence electrons. The topological polar surface area (TPSA) is 144 Å². The number of amides is 2. The lowest BCUT2D eigenvalue weighted by atomic mass is 9.96. The van der Waals surface area contributed by atoms with Gasteiger partial charge in [0.1, 0.15) is 28.7 Å². The van der Waals surface area contributed by atoms with E-state index in [-0.39, 0.29) is 35.5 Å². The highest BCUT2D eigenvalue weighted by Crippen LogP contribution is 2.35. The highest BCUT2D eigenvalue weighted by atomic mass is 32.1. The van der Waals surface area contributed by atoms with Crippen molar-refractivity contribution in [2.45, 2.75) is 39.3 Å². The Bertz CT molecular complexity index is 1760. The second kappa shape index (κ2) is 9.38. The van der Waals surface area contributed by atoms with Crippen LogP contribution in [-0.4, -0.2) is 45.9 Å². The van der Waals surface area contributed by atoms with E-state index in [4.69, 9.17) is 0 Å². The molecule has 5 aromatic rings. The number of rotatable bonds is 6. The third-order valence-electron chi connectivity index (χ3n) is 6.87. The molecule has 0 fully saturated rings. The second-order valence-electron chi connectivity index (χ2n) is 9.20. The van der Waals surface area contributed by atoms with Crippen LogP contribution in [0.3, 0.4) is 0 Å². The van der Waals surface area contributed by atoms with Gasteiger partial charge in [-0.25, -0.2) is 4.98 Å². The molecule has 0 aliphatic heterocycles. The van der Waals surface area contributed by atoms with E-state index < -0.39 is 11.8 Å². The fourth-order valence-electron chi connectivity index (χ4n) is 4.94. The molecule has 2 aromatic carbocycles. The summed E-state index contributed by atoms with van der Waals surface area (Å²) in [5.41, 5.74) is 6.39. The first-order valence-electron chi connectivity index (χ1n) is 12.0. The minimum atomic E-state index is -0.445. The van der Waals surface area contributed by atoms with Crippen LogP contribution in [0.4, 0.5) is 0 Å². The van der Waals surface area contributed by atoms with Crippen LogP contribution in [-0.2, 0) is 13.0 Å². The van der Waals surface area contributed by atoms with Crippen LogP contribution >= 0.6 is 11.7 Å². The molecule has 2 N–H and O–H groups in total. The average Bonchev–Trinajstić information content (AvgIpc) is 3.66. The molecule has 0 saturated heterocycles. The van der Waals surface area contributed by atoms with Gasteiger partial charge in [-0.2, -0.15) is 23.3 Å². The number of benzene rings is 2. The second-order valence-corrected chi connectivity index (χ2v) is 9.72. The molecule has 1 atom stereocenters. The van der Waals surface area contributed by atoms with Crippen molar-refractivity contribution >= 4 is 46.1 Å². The van der Waals surface area contributed by atoms with Gasteiger partial charge in [-0.1, -0.05) is 18.2 Å². The van der Waals surface area contributed by atoms with E-state index in [0.717, 1.165) is 51.4 Å². The molecule has 12 heteroatoms. The minimum Gasteiger partial charge on any atom is -0.347 e. The number of hydrogen-bond acceptors (Lipinski definition) is 9. The molecule has 2 amide bonds. The molecule has 3 heterocycles. The number of carbonyl (C=O) groups excluding carboxylic acids is 3. The predicted octanol–water partition coefficient (Wildman–Crippen LogP) is 2.99. The Kier molecular flexibility index (Phi) is 5.87. The van der Waals surface area contributed by atoms with Gasteiger partial charge in [0, 0.05) is 18.2 Å². The maximum atomic E-state index is 13.4. The van der Waals surface area contributed by atoms with Crippen LogP contribution in [0.1, 0.15) is 73.0 Å². The molecule has 0 spiro atoms. The van der Waals surface area contributed by atoms with Gasteiger partial charge in [0.15, 0.2) is 5.78 Å². The summed E-state index contributed by atoms with van der Waals surface area (Å²) in [6.07, 6.45) is 2.76. The van der Waals surface area contributed by atoms with Crippen LogP contribution in [0.5, 0.6) is 0 Å². The lowest BCUT2D eigenvalue weighted by Crippen LogP contribution is -2.30. The van der Waals surface area contributed by atoms with Crippen molar-refractivity contribution in [2.75, 3.05) is 0 Å². The number of carbonyl (C=O) groups is 3. The van der Waals surface area contributed by atoms with Crippen LogP contribution in [0.25, 0.3) is 16.8 Å². The van der Waals surface area contributed by atoms with E-state index in [0.29, 0.717) is 12.0 Å². The zero-order valence-corrected chi connectivity index (χ0v) is 21.4. The van der Waals surface area contributed by atoms with Gasteiger partial charge < -0.3 is 10.6 Å². The van der Waals surface area contributed by atoms with Gasteiger partial charge in [-0.3, -0.25) is 14.4 Å². The Morgan fingerprint density at radius 1 is 1.08 bits per heavy atom. The SMILES string of the molecule is CC(=O)c1ccc2c(c1C)CC[C@@H]2NC(=O)c1cc(C(=O)NCc2ccc3nsnc3c2)nc2ncnn12. The van der Waals surface area contributed by atoms with Crippen molar-refractivity contribution in [3.05, 3.63) is 81.9 Å². The third kappa shape index (κ3) is 4.18. The van der Waals surface area contributed by atoms with Crippen molar-refractivity contribution in [1.29, 1.82) is 0 Å². The Morgan fingerprint density at radius 2 is 1.92 bits per heavy atom. The molecule has 1 aliphatic carbocycles. The number of aromatic nitrogens is 6. The van der Waals surface area contributed by atoms with Gasteiger partial charge in [-0.05, 0) is 61.1 Å². The standard InChI is InChI=1S/C26H22N8O3S/c1-13-16(14(2)35)4-5-18-17(13)6-8-19(18)30-25(37)23-10-22(31-26-28-12-29-34(23)26)24(36)27-11-15-3-7-20-21(9-15)33-38-32-20/h3-5,7,9-10,12,19H,6,8,11H2,1-2H3,(H,27,36)(H,30,37)/t19-/m0/s1. The Labute approximate surface area is 220 Å². The number of fused-ring (bicyclic) bond motifs is 3. The molecule has 6 rings (SSSR count). The van der Waals surface area contributed by atoms with E-state index in [1.54, 1.807) is 6.92 Å².